The Hall–Kier alpha value is -2.55. The number of nitrogens with two attached hydrogens (primary N) is 1. The van der Waals surface area contributed by atoms with Gasteiger partial charge in [0.05, 0.1) is 16.7 Å². The number of hydrogen-bond acceptors (Lipinski definition) is 6. The van der Waals surface area contributed by atoms with E-state index in [0.29, 0.717) is 22.1 Å². The lowest BCUT2D eigenvalue weighted by Crippen LogP contribution is -2.33. The number of aromatic nitrogens is 4. The van der Waals surface area contributed by atoms with Crippen LogP contribution in [0.3, 0.4) is 0 Å². The number of rotatable bonds is 4. The first-order chi connectivity index (χ1) is 12.1. The number of nitrogens with zero attached hydrogens (tertiary/aromatic N) is 4. The van der Waals surface area contributed by atoms with E-state index in [1.165, 1.54) is 24.6 Å². The van der Waals surface area contributed by atoms with E-state index in [9.17, 15) is 9.59 Å². The van der Waals surface area contributed by atoms with Gasteiger partial charge in [-0.15, -0.1) is 10.2 Å². The van der Waals surface area contributed by atoms with Crippen molar-refractivity contribution in [1.82, 2.24) is 24.6 Å². The second-order valence-electron chi connectivity index (χ2n) is 6.15. The van der Waals surface area contributed by atoms with Crippen LogP contribution in [0.25, 0.3) is 16.7 Å². The summed E-state index contributed by atoms with van der Waals surface area (Å²) in [6.45, 7) is 0. The van der Waals surface area contributed by atoms with Crippen LogP contribution in [-0.4, -0.2) is 37.0 Å². The van der Waals surface area contributed by atoms with Crippen molar-refractivity contribution >= 4 is 34.3 Å². The predicted octanol–water partition coefficient (Wildman–Crippen LogP) is 0.909. The standard InChI is InChI=1S/C16H18N6O2S/c17-22-14(24)11-7-3-4-8-12(11)21-15(22)19-20-16(21)25-9-13(23)18-10-5-1-2-6-10/h3-4,7-8,10H,1-2,5-6,9,17H2,(H,18,23). The number of benzene rings is 1. The Labute approximate surface area is 147 Å². The molecule has 1 aliphatic rings. The number of fused-ring (bicyclic) bond motifs is 3. The third kappa shape index (κ3) is 2.84. The molecule has 1 aromatic carbocycles. The fourth-order valence-electron chi connectivity index (χ4n) is 3.26. The second-order valence-corrected chi connectivity index (χ2v) is 7.09. The van der Waals surface area contributed by atoms with Gasteiger partial charge in [0.25, 0.3) is 11.3 Å². The first-order valence-electron chi connectivity index (χ1n) is 8.21. The largest absolute Gasteiger partial charge is 0.353 e. The highest BCUT2D eigenvalue weighted by molar-refractivity contribution is 7.99. The predicted molar refractivity (Wildman–Crippen MR) is 96.0 cm³/mol. The summed E-state index contributed by atoms with van der Waals surface area (Å²) in [6, 6.07) is 7.43. The van der Waals surface area contributed by atoms with Crippen LogP contribution in [0.1, 0.15) is 25.7 Å². The molecule has 8 nitrogen and oxygen atoms in total. The molecule has 0 radical (unpaired) electrons. The molecular weight excluding hydrogens is 340 g/mol. The van der Waals surface area contributed by atoms with Crippen molar-refractivity contribution in [2.75, 3.05) is 11.6 Å². The lowest BCUT2D eigenvalue weighted by Gasteiger charge is -2.11. The Balaban J connectivity index is 1.64. The SMILES string of the molecule is Nn1c(=O)c2ccccc2n2c(SCC(=O)NC3CCCC3)nnc12. The monoisotopic (exact) mass is 358 g/mol. The van der Waals surface area contributed by atoms with Gasteiger partial charge in [0.15, 0.2) is 5.16 Å². The van der Waals surface area contributed by atoms with E-state index in [1.807, 2.05) is 12.1 Å². The molecule has 1 amide bonds. The molecule has 0 bridgehead atoms. The molecule has 1 aliphatic carbocycles. The van der Waals surface area contributed by atoms with Gasteiger partial charge in [-0.05, 0) is 25.0 Å². The summed E-state index contributed by atoms with van der Waals surface area (Å²) in [4.78, 5) is 24.4. The highest BCUT2D eigenvalue weighted by atomic mass is 32.2. The number of carbonyl (C=O) groups is 1. The third-order valence-corrected chi connectivity index (χ3v) is 5.41. The lowest BCUT2D eigenvalue weighted by atomic mass is 10.2. The van der Waals surface area contributed by atoms with Crippen LogP contribution < -0.4 is 16.7 Å². The maximum Gasteiger partial charge on any atom is 0.281 e. The van der Waals surface area contributed by atoms with Crippen molar-refractivity contribution in [3.8, 4) is 0 Å². The second kappa shape index (κ2) is 6.40. The third-order valence-electron chi connectivity index (χ3n) is 4.48. The normalized spacial score (nSPS) is 15.2. The van der Waals surface area contributed by atoms with Crippen LogP contribution in [0.15, 0.2) is 34.2 Å². The van der Waals surface area contributed by atoms with Gasteiger partial charge in [-0.1, -0.05) is 36.7 Å². The van der Waals surface area contributed by atoms with Crippen LogP contribution in [-0.2, 0) is 4.79 Å². The summed E-state index contributed by atoms with van der Waals surface area (Å²) in [7, 11) is 0. The zero-order valence-electron chi connectivity index (χ0n) is 13.5. The molecule has 0 aliphatic heterocycles. The molecule has 0 atom stereocenters. The number of carbonyl (C=O) groups excluding carboxylic acids is 1. The molecule has 2 heterocycles. The average molecular weight is 358 g/mol. The molecule has 0 spiro atoms. The van der Waals surface area contributed by atoms with Gasteiger partial charge in [0.1, 0.15) is 0 Å². The van der Waals surface area contributed by atoms with E-state index in [4.69, 9.17) is 5.84 Å². The average Bonchev–Trinajstić information content (AvgIpc) is 3.27. The minimum Gasteiger partial charge on any atom is -0.353 e. The Morgan fingerprint density at radius 1 is 1.28 bits per heavy atom. The smallest absolute Gasteiger partial charge is 0.281 e. The van der Waals surface area contributed by atoms with Gasteiger partial charge in [-0.3, -0.25) is 14.0 Å². The summed E-state index contributed by atoms with van der Waals surface area (Å²) in [6.07, 6.45) is 4.45. The van der Waals surface area contributed by atoms with Crippen LogP contribution in [0.2, 0.25) is 0 Å². The number of amides is 1. The van der Waals surface area contributed by atoms with E-state index < -0.39 is 0 Å². The number of nitrogens with one attached hydrogen (secondary N) is 1. The van der Waals surface area contributed by atoms with Crippen molar-refractivity contribution in [2.45, 2.75) is 36.9 Å². The van der Waals surface area contributed by atoms with Gasteiger partial charge in [-0.25, -0.2) is 0 Å². The Morgan fingerprint density at radius 3 is 2.84 bits per heavy atom. The first kappa shape index (κ1) is 15.9. The summed E-state index contributed by atoms with van der Waals surface area (Å²) in [5.41, 5.74) is 0.346. The Morgan fingerprint density at radius 2 is 2.04 bits per heavy atom. The van der Waals surface area contributed by atoms with Gasteiger partial charge in [-0.2, -0.15) is 4.68 Å². The summed E-state index contributed by atoms with van der Waals surface area (Å²) in [5, 5.41) is 12.2. The van der Waals surface area contributed by atoms with E-state index in [2.05, 4.69) is 15.5 Å². The van der Waals surface area contributed by atoms with Crippen LogP contribution in [0, 0.1) is 0 Å². The molecule has 3 aromatic rings. The highest BCUT2D eigenvalue weighted by Gasteiger charge is 2.19. The maximum absolute atomic E-state index is 12.3. The van der Waals surface area contributed by atoms with E-state index >= 15 is 0 Å². The molecule has 1 fully saturated rings. The molecule has 4 rings (SSSR count). The highest BCUT2D eigenvalue weighted by Crippen LogP contribution is 2.21. The zero-order valence-corrected chi connectivity index (χ0v) is 14.3. The molecule has 0 saturated heterocycles. The molecule has 2 aromatic heterocycles. The van der Waals surface area contributed by atoms with Gasteiger partial charge >= 0.3 is 0 Å². The van der Waals surface area contributed by atoms with Crippen LogP contribution in [0.4, 0.5) is 0 Å². The number of para-hydroxylation sites is 1. The Bertz CT molecular complexity index is 1000. The van der Waals surface area contributed by atoms with Crippen molar-refractivity contribution in [3.63, 3.8) is 0 Å². The summed E-state index contributed by atoms with van der Waals surface area (Å²) in [5.74, 6) is 6.34. The molecular formula is C16H18N6O2S. The number of hydrogen-bond donors (Lipinski definition) is 2. The van der Waals surface area contributed by atoms with Gasteiger partial charge in [0.2, 0.25) is 5.91 Å². The fourth-order valence-corrected chi connectivity index (χ4v) is 4.01. The molecule has 130 valence electrons. The number of thioether (sulfide) groups is 1. The molecule has 25 heavy (non-hydrogen) atoms. The molecule has 1 saturated carbocycles. The minimum absolute atomic E-state index is 0.0148. The zero-order chi connectivity index (χ0) is 17.4. The van der Waals surface area contributed by atoms with E-state index in [1.54, 1.807) is 16.5 Å². The first-order valence-corrected chi connectivity index (χ1v) is 9.20. The van der Waals surface area contributed by atoms with Crippen molar-refractivity contribution in [2.24, 2.45) is 0 Å². The maximum atomic E-state index is 12.3. The Kier molecular flexibility index (Phi) is 4.08. The molecule has 0 unspecified atom stereocenters. The molecule has 9 heteroatoms. The van der Waals surface area contributed by atoms with Gasteiger partial charge in [0, 0.05) is 6.04 Å². The van der Waals surface area contributed by atoms with Crippen molar-refractivity contribution in [3.05, 3.63) is 34.6 Å². The summed E-state index contributed by atoms with van der Waals surface area (Å²) < 4.78 is 2.70. The van der Waals surface area contributed by atoms with Crippen molar-refractivity contribution < 1.29 is 4.79 Å². The quantitative estimate of drug-likeness (QED) is 0.530. The van der Waals surface area contributed by atoms with Crippen molar-refractivity contribution in [1.29, 1.82) is 0 Å². The fraction of sp³-hybridized carbons (Fsp3) is 0.375. The number of nitrogen functional groups attached to an aromatic ring is 1. The van der Waals surface area contributed by atoms with Gasteiger partial charge < -0.3 is 11.2 Å². The lowest BCUT2D eigenvalue weighted by molar-refractivity contribution is -0.119. The van der Waals surface area contributed by atoms with E-state index in [-0.39, 0.29) is 23.0 Å². The van der Waals surface area contributed by atoms with Crippen LogP contribution >= 0.6 is 11.8 Å². The molecule has 3 N–H and O–H groups in total. The van der Waals surface area contributed by atoms with E-state index in [0.717, 1.165) is 17.5 Å². The van der Waals surface area contributed by atoms with Crippen LogP contribution in [0.5, 0.6) is 0 Å². The minimum atomic E-state index is -0.328. The summed E-state index contributed by atoms with van der Waals surface area (Å²) >= 11 is 1.28. The topological polar surface area (TPSA) is 107 Å².